The average molecular weight is 356 g/mol. The Morgan fingerprint density at radius 1 is 1.35 bits per heavy atom. The van der Waals surface area contributed by atoms with Crippen LogP contribution in [0.3, 0.4) is 0 Å². The first-order chi connectivity index (χ1) is 12.8. The van der Waals surface area contributed by atoms with Crippen molar-refractivity contribution in [2.45, 2.75) is 45.2 Å². The number of rotatable bonds is 4. The lowest BCUT2D eigenvalue weighted by atomic mass is 9.95. The molecule has 0 radical (unpaired) electrons. The van der Waals surface area contributed by atoms with Gasteiger partial charge in [-0.05, 0) is 30.9 Å². The summed E-state index contributed by atoms with van der Waals surface area (Å²) in [6.45, 7) is 1.71. The molecule has 138 valence electrons. The molecule has 1 atom stereocenters. The highest BCUT2D eigenvalue weighted by molar-refractivity contribution is 5.79. The summed E-state index contributed by atoms with van der Waals surface area (Å²) in [6.07, 6.45) is 5.14. The number of carbonyl (C=O) groups is 1. The number of hydrogen-bond donors (Lipinski definition) is 1. The molecule has 2 aliphatic heterocycles. The van der Waals surface area contributed by atoms with Gasteiger partial charge in [-0.25, -0.2) is 0 Å². The molecule has 0 spiro atoms. The average Bonchev–Trinajstić information content (AvgIpc) is 2.91. The van der Waals surface area contributed by atoms with Crippen LogP contribution in [0.5, 0.6) is 11.5 Å². The SMILES string of the molecule is COc1cccc2c1OC[C@H](C(=O)NCc1nnc3n1CCCCC3)C2. The van der Waals surface area contributed by atoms with E-state index in [1.165, 1.54) is 6.42 Å². The highest BCUT2D eigenvalue weighted by Crippen LogP contribution is 2.36. The van der Waals surface area contributed by atoms with E-state index in [9.17, 15) is 4.79 Å². The molecule has 0 fully saturated rings. The number of nitrogens with zero attached hydrogens (tertiary/aromatic N) is 3. The number of amides is 1. The van der Waals surface area contributed by atoms with Crippen LogP contribution in [-0.4, -0.2) is 34.4 Å². The van der Waals surface area contributed by atoms with E-state index in [-0.39, 0.29) is 11.8 Å². The zero-order chi connectivity index (χ0) is 17.9. The lowest BCUT2D eigenvalue weighted by Gasteiger charge is -2.25. The minimum absolute atomic E-state index is 0.00978. The first kappa shape index (κ1) is 16.9. The second kappa shape index (κ2) is 7.35. The van der Waals surface area contributed by atoms with Crippen LogP contribution < -0.4 is 14.8 Å². The molecular weight excluding hydrogens is 332 g/mol. The normalized spacial score (nSPS) is 18.9. The molecule has 0 aliphatic carbocycles. The molecule has 1 aromatic heterocycles. The van der Waals surface area contributed by atoms with Crippen molar-refractivity contribution in [3.05, 3.63) is 35.4 Å². The van der Waals surface area contributed by atoms with E-state index >= 15 is 0 Å². The van der Waals surface area contributed by atoms with Crippen LogP contribution in [0.2, 0.25) is 0 Å². The molecule has 1 aromatic carbocycles. The van der Waals surface area contributed by atoms with Gasteiger partial charge in [0.15, 0.2) is 17.3 Å². The third-order valence-electron chi connectivity index (χ3n) is 5.15. The van der Waals surface area contributed by atoms with Gasteiger partial charge < -0.3 is 19.4 Å². The van der Waals surface area contributed by atoms with E-state index in [1.54, 1.807) is 7.11 Å². The molecule has 0 bridgehead atoms. The molecule has 1 N–H and O–H groups in total. The second-order valence-corrected chi connectivity index (χ2v) is 6.87. The predicted octanol–water partition coefficient (Wildman–Crippen LogP) is 1.88. The Morgan fingerprint density at radius 2 is 2.27 bits per heavy atom. The number of aromatic nitrogens is 3. The Hall–Kier alpha value is -2.57. The van der Waals surface area contributed by atoms with Crippen LogP contribution in [0.1, 0.15) is 36.5 Å². The van der Waals surface area contributed by atoms with Crippen molar-refractivity contribution in [1.29, 1.82) is 0 Å². The molecule has 2 aliphatic rings. The molecule has 7 nitrogen and oxygen atoms in total. The number of methoxy groups -OCH3 is 1. The highest BCUT2D eigenvalue weighted by atomic mass is 16.5. The van der Waals surface area contributed by atoms with Gasteiger partial charge in [0.25, 0.3) is 0 Å². The summed E-state index contributed by atoms with van der Waals surface area (Å²) in [5.41, 5.74) is 1.01. The number of aryl methyl sites for hydroxylation is 1. The van der Waals surface area contributed by atoms with Gasteiger partial charge >= 0.3 is 0 Å². The minimum Gasteiger partial charge on any atom is -0.493 e. The zero-order valence-electron chi connectivity index (χ0n) is 15.0. The van der Waals surface area contributed by atoms with Crippen LogP contribution in [-0.2, 0) is 30.7 Å². The fourth-order valence-corrected chi connectivity index (χ4v) is 3.71. The van der Waals surface area contributed by atoms with Crippen LogP contribution in [0, 0.1) is 5.92 Å². The first-order valence-corrected chi connectivity index (χ1v) is 9.23. The monoisotopic (exact) mass is 356 g/mol. The number of fused-ring (bicyclic) bond motifs is 2. The van der Waals surface area contributed by atoms with Crippen molar-refractivity contribution < 1.29 is 14.3 Å². The van der Waals surface area contributed by atoms with Crippen LogP contribution in [0.25, 0.3) is 0 Å². The molecule has 26 heavy (non-hydrogen) atoms. The van der Waals surface area contributed by atoms with Crippen molar-refractivity contribution in [3.63, 3.8) is 0 Å². The Balaban J connectivity index is 1.39. The Kier molecular flexibility index (Phi) is 4.77. The lowest BCUT2D eigenvalue weighted by molar-refractivity contribution is -0.126. The van der Waals surface area contributed by atoms with Crippen LogP contribution in [0.15, 0.2) is 18.2 Å². The summed E-state index contributed by atoms with van der Waals surface area (Å²) in [6, 6.07) is 5.78. The predicted molar refractivity (Wildman–Crippen MR) is 95.1 cm³/mol. The van der Waals surface area contributed by atoms with E-state index in [0.717, 1.165) is 48.8 Å². The topological polar surface area (TPSA) is 78.3 Å². The maximum Gasteiger partial charge on any atom is 0.227 e. The van der Waals surface area contributed by atoms with Gasteiger partial charge in [0.1, 0.15) is 12.4 Å². The number of carbonyl (C=O) groups excluding carboxylic acids is 1. The molecule has 3 heterocycles. The van der Waals surface area contributed by atoms with Gasteiger partial charge in [0, 0.05) is 13.0 Å². The number of hydrogen-bond acceptors (Lipinski definition) is 5. The zero-order valence-corrected chi connectivity index (χ0v) is 15.0. The summed E-state index contributed by atoms with van der Waals surface area (Å²) >= 11 is 0. The summed E-state index contributed by atoms with van der Waals surface area (Å²) in [4.78, 5) is 12.6. The fraction of sp³-hybridized carbons (Fsp3) is 0.526. The lowest BCUT2D eigenvalue weighted by Crippen LogP contribution is -2.37. The smallest absolute Gasteiger partial charge is 0.227 e. The molecular formula is C19H24N4O3. The Bertz CT molecular complexity index is 802. The van der Waals surface area contributed by atoms with Gasteiger partial charge in [0.05, 0.1) is 19.6 Å². The summed E-state index contributed by atoms with van der Waals surface area (Å²) < 4.78 is 13.3. The maximum atomic E-state index is 12.6. The quantitative estimate of drug-likeness (QED) is 0.905. The van der Waals surface area contributed by atoms with E-state index in [0.29, 0.717) is 25.3 Å². The molecule has 0 saturated heterocycles. The first-order valence-electron chi connectivity index (χ1n) is 9.23. The molecule has 4 rings (SSSR count). The Morgan fingerprint density at radius 3 is 3.15 bits per heavy atom. The second-order valence-electron chi connectivity index (χ2n) is 6.87. The van der Waals surface area contributed by atoms with Crippen LogP contribution in [0.4, 0.5) is 0 Å². The van der Waals surface area contributed by atoms with Gasteiger partial charge in [-0.15, -0.1) is 10.2 Å². The van der Waals surface area contributed by atoms with Crippen LogP contribution >= 0.6 is 0 Å². The molecule has 0 unspecified atom stereocenters. The van der Waals surface area contributed by atoms with Gasteiger partial charge in [-0.2, -0.15) is 0 Å². The molecule has 1 amide bonds. The Labute approximate surface area is 152 Å². The third-order valence-corrected chi connectivity index (χ3v) is 5.15. The summed E-state index contributed by atoms with van der Waals surface area (Å²) in [5.74, 6) is 3.13. The molecule has 0 saturated carbocycles. The summed E-state index contributed by atoms with van der Waals surface area (Å²) in [7, 11) is 1.62. The van der Waals surface area contributed by atoms with Gasteiger partial charge in [-0.3, -0.25) is 4.79 Å². The van der Waals surface area contributed by atoms with Crippen molar-refractivity contribution >= 4 is 5.91 Å². The minimum atomic E-state index is -0.207. The van der Waals surface area contributed by atoms with Crippen molar-refractivity contribution in [2.75, 3.05) is 13.7 Å². The fourth-order valence-electron chi connectivity index (χ4n) is 3.71. The number of para-hydroxylation sites is 1. The number of ether oxygens (including phenoxy) is 2. The van der Waals surface area contributed by atoms with Crippen molar-refractivity contribution in [1.82, 2.24) is 20.1 Å². The van der Waals surface area contributed by atoms with Gasteiger partial charge in [0.2, 0.25) is 5.91 Å². The van der Waals surface area contributed by atoms with E-state index in [4.69, 9.17) is 9.47 Å². The maximum absolute atomic E-state index is 12.6. The third kappa shape index (κ3) is 3.25. The van der Waals surface area contributed by atoms with Crippen molar-refractivity contribution in [2.24, 2.45) is 5.92 Å². The largest absolute Gasteiger partial charge is 0.493 e. The molecule has 7 heteroatoms. The van der Waals surface area contributed by atoms with Gasteiger partial charge in [-0.1, -0.05) is 18.6 Å². The van der Waals surface area contributed by atoms with E-state index in [2.05, 4.69) is 20.1 Å². The highest BCUT2D eigenvalue weighted by Gasteiger charge is 2.28. The van der Waals surface area contributed by atoms with E-state index < -0.39 is 0 Å². The molecule has 2 aromatic rings. The summed E-state index contributed by atoms with van der Waals surface area (Å²) in [5, 5.41) is 11.6. The number of nitrogens with one attached hydrogen (secondary N) is 1. The van der Waals surface area contributed by atoms with Crippen molar-refractivity contribution in [3.8, 4) is 11.5 Å². The standard InChI is InChI=1S/C19H24N4O3/c1-25-15-7-5-6-13-10-14(12-26-18(13)15)19(24)20-11-17-22-21-16-8-3-2-4-9-23(16)17/h5-7,14H,2-4,8-12H2,1H3,(H,20,24)/t14-/m1/s1. The number of benzene rings is 1. The van der Waals surface area contributed by atoms with E-state index in [1.807, 2.05) is 18.2 Å².